The van der Waals surface area contributed by atoms with Gasteiger partial charge < -0.3 is 9.47 Å². The monoisotopic (exact) mass is 427 g/mol. The van der Waals surface area contributed by atoms with Crippen molar-refractivity contribution in [1.82, 2.24) is 16.2 Å². The van der Waals surface area contributed by atoms with Crippen molar-refractivity contribution < 1.29 is 19.1 Å². The summed E-state index contributed by atoms with van der Waals surface area (Å²) in [6.07, 6.45) is 0. The molecule has 0 atom stereocenters. The summed E-state index contributed by atoms with van der Waals surface area (Å²) < 4.78 is 10.3. The lowest BCUT2D eigenvalue weighted by molar-refractivity contribution is 0.0934. The molecule has 0 aliphatic rings. The molecule has 2 amide bonds. The van der Waals surface area contributed by atoms with E-state index >= 15 is 0 Å². The van der Waals surface area contributed by atoms with Gasteiger partial charge in [-0.25, -0.2) is 0 Å². The van der Waals surface area contributed by atoms with Crippen molar-refractivity contribution in [1.29, 1.82) is 0 Å². The van der Waals surface area contributed by atoms with Gasteiger partial charge >= 0.3 is 0 Å². The molecule has 0 bridgehead atoms. The quantitative estimate of drug-likeness (QED) is 0.513. The molecular formula is C17H15Cl2N3O4S. The normalized spacial score (nSPS) is 9.93. The van der Waals surface area contributed by atoms with Crippen LogP contribution in [0.2, 0.25) is 10.0 Å². The molecule has 7 nitrogen and oxygen atoms in total. The van der Waals surface area contributed by atoms with Crippen molar-refractivity contribution in [3.63, 3.8) is 0 Å². The predicted octanol–water partition coefficient (Wildman–Crippen LogP) is 2.96. The van der Waals surface area contributed by atoms with Crippen molar-refractivity contribution in [3.05, 3.63) is 57.6 Å². The molecule has 2 aromatic carbocycles. The standard InChI is InChI=1S/C17H15Cl2N3O4S/c1-25-13-6-3-9(7-14(13)26-2)15(23)21-22-17(27)20-16(24)11-5-4-10(18)8-12(11)19/h3-8H,1-2H3,(H,21,23)(H2,20,22,24,27). The van der Waals surface area contributed by atoms with Gasteiger partial charge in [0.2, 0.25) is 0 Å². The minimum atomic E-state index is -0.547. The number of thiocarbonyl (C=S) groups is 1. The second-order valence-electron chi connectivity index (χ2n) is 5.06. The highest BCUT2D eigenvalue weighted by Crippen LogP contribution is 2.27. The van der Waals surface area contributed by atoms with Gasteiger partial charge in [-0.2, -0.15) is 0 Å². The molecule has 0 fully saturated rings. The Morgan fingerprint density at radius 3 is 2.26 bits per heavy atom. The SMILES string of the molecule is COc1ccc(C(=O)NNC(=S)NC(=O)c2ccc(Cl)cc2Cl)cc1OC. The smallest absolute Gasteiger partial charge is 0.269 e. The Labute approximate surface area is 170 Å². The number of rotatable bonds is 4. The first-order valence-electron chi connectivity index (χ1n) is 7.44. The van der Waals surface area contributed by atoms with Gasteiger partial charge in [-0.05, 0) is 48.6 Å². The molecule has 0 saturated carbocycles. The van der Waals surface area contributed by atoms with Crippen LogP contribution in [0.25, 0.3) is 0 Å². The Balaban J connectivity index is 1.95. The lowest BCUT2D eigenvalue weighted by Crippen LogP contribution is -2.48. The average molecular weight is 428 g/mol. The zero-order valence-corrected chi connectivity index (χ0v) is 16.6. The Bertz CT molecular complexity index is 892. The van der Waals surface area contributed by atoms with Crippen LogP contribution in [0.5, 0.6) is 11.5 Å². The molecule has 0 aromatic heterocycles. The zero-order valence-electron chi connectivity index (χ0n) is 14.3. The number of nitrogens with one attached hydrogen (secondary N) is 3. The van der Waals surface area contributed by atoms with E-state index in [1.807, 2.05) is 0 Å². The fraction of sp³-hybridized carbons (Fsp3) is 0.118. The van der Waals surface area contributed by atoms with E-state index < -0.39 is 11.8 Å². The van der Waals surface area contributed by atoms with E-state index in [-0.39, 0.29) is 15.7 Å². The largest absolute Gasteiger partial charge is 0.493 e. The lowest BCUT2D eigenvalue weighted by Gasteiger charge is -2.12. The van der Waals surface area contributed by atoms with Crippen LogP contribution in [0.4, 0.5) is 0 Å². The van der Waals surface area contributed by atoms with E-state index in [1.165, 1.54) is 38.5 Å². The molecule has 2 aromatic rings. The fourth-order valence-electron chi connectivity index (χ4n) is 2.04. The summed E-state index contributed by atoms with van der Waals surface area (Å²) in [6, 6.07) is 9.07. The second kappa shape index (κ2) is 9.40. The summed E-state index contributed by atoms with van der Waals surface area (Å²) in [4.78, 5) is 24.3. The van der Waals surface area contributed by atoms with Crippen LogP contribution in [0.1, 0.15) is 20.7 Å². The number of benzene rings is 2. The van der Waals surface area contributed by atoms with Gasteiger partial charge in [0.1, 0.15) is 0 Å². The molecule has 27 heavy (non-hydrogen) atoms. The summed E-state index contributed by atoms with van der Waals surface area (Å²) >= 11 is 16.7. The summed E-state index contributed by atoms with van der Waals surface area (Å²) in [6.45, 7) is 0. The fourth-order valence-corrected chi connectivity index (χ4v) is 2.68. The average Bonchev–Trinajstić information content (AvgIpc) is 2.65. The number of carbonyl (C=O) groups excluding carboxylic acids is 2. The van der Waals surface area contributed by atoms with Gasteiger partial charge in [-0.3, -0.25) is 25.8 Å². The molecule has 0 heterocycles. The van der Waals surface area contributed by atoms with Gasteiger partial charge in [0.25, 0.3) is 11.8 Å². The van der Waals surface area contributed by atoms with Crippen LogP contribution in [0.3, 0.4) is 0 Å². The van der Waals surface area contributed by atoms with E-state index in [0.29, 0.717) is 22.1 Å². The van der Waals surface area contributed by atoms with Gasteiger partial charge in [0.15, 0.2) is 16.6 Å². The third-order valence-corrected chi connectivity index (χ3v) is 4.09. The maximum absolute atomic E-state index is 12.2. The first-order chi connectivity index (χ1) is 12.8. The number of carbonyl (C=O) groups is 2. The molecule has 3 N–H and O–H groups in total. The molecule has 0 aliphatic carbocycles. The maximum atomic E-state index is 12.2. The van der Waals surface area contributed by atoms with Crippen LogP contribution in [0, 0.1) is 0 Å². The minimum Gasteiger partial charge on any atom is -0.493 e. The highest BCUT2D eigenvalue weighted by Gasteiger charge is 2.14. The lowest BCUT2D eigenvalue weighted by atomic mass is 10.2. The third-order valence-electron chi connectivity index (χ3n) is 3.34. The van der Waals surface area contributed by atoms with Crippen molar-refractivity contribution >= 4 is 52.3 Å². The maximum Gasteiger partial charge on any atom is 0.269 e. The Morgan fingerprint density at radius 1 is 0.926 bits per heavy atom. The highest BCUT2D eigenvalue weighted by molar-refractivity contribution is 7.80. The summed E-state index contributed by atoms with van der Waals surface area (Å²) in [7, 11) is 2.96. The first-order valence-corrected chi connectivity index (χ1v) is 8.61. The Hall–Kier alpha value is -2.55. The second-order valence-corrected chi connectivity index (χ2v) is 6.31. The Morgan fingerprint density at radius 2 is 1.63 bits per heavy atom. The minimum absolute atomic E-state index is 0.111. The number of hydrogen-bond acceptors (Lipinski definition) is 5. The summed E-state index contributed by atoms with van der Waals surface area (Å²) in [5.41, 5.74) is 5.30. The third kappa shape index (κ3) is 5.46. The van der Waals surface area contributed by atoms with E-state index in [9.17, 15) is 9.59 Å². The molecule has 142 valence electrons. The number of hydrogen-bond donors (Lipinski definition) is 3. The van der Waals surface area contributed by atoms with Crippen molar-refractivity contribution in [2.45, 2.75) is 0 Å². The van der Waals surface area contributed by atoms with Crippen molar-refractivity contribution in [2.24, 2.45) is 0 Å². The zero-order chi connectivity index (χ0) is 20.0. The first kappa shape index (κ1) is 20.8. The molecule has 0 radical (unpaired) electrons. The van der Waals surface area contributed by atoms with Crippen molar-refractivity contribution in [3.8, 4) is 11.5 Å². The number of ether oxygens (including phenoxy) is 2. The van der Waals surface area contributed by atoms with Gasteiger partial charge in [0.05, 0.1) is 24.8 Å². The van der Waals surface area contributed by atoms with Crippen molar-refractivity contribution in [2.75, 3.05) is 14.2 Å². The van der Waals surface area contributed by atoms with Crippen LogP contribution in [-0.2, 0) is 0 Å². The Kier molecular flexibility index (Phi) is 7.23. The molecular weight excluding hydrogens is 413 g/mol. The number of methoxy groups -OCH3 is 2. The molecule has 0 saturated heterocycles. The number of amides is 2. The topological polar surface area (TPSA) is 88.7 Å². The number of halogens is 2. The van der Waals surface area contributed by atoms with Crippen LogP contribution in [-0.4, -0.2) is 31.1 Å². The summed E-state index contributed by atoms with van der Waals surface area (Å²) in [5.74, 6) is -0.144. The van der Waals surface area contributed by atoms with E-state index in [2.05, 4.69) is 16.2 Å². The molecule has 10 heteroatoms. The molecule has 0 unspecified atom stereocenters. The van der Waals surface area contributed by atoms with Gasteiger partial charge in [0, 0.05) is 10.6 Å². The van der Waals surface area contributed by atoms with Crippen LogP contribution >= 0.6 is 35.4 Å². The highest BCUT2D eigenvalue weighted by atomic mass is 35.5. The van der Waals surface area contributed by atoms with Gasteiger partial charge in [-0.15, -0.1) is 0 Å². The van der Waals surface area contributed by atoms with Gasteiger partial charge in [-0.1, -0.05) is 23.2 Å². The molecule has 0 spiro atoms. The molecule has 2 rings (SSSR count). The van der Waals surface area contributed by atoms with E-state index in [0.717, 1.165) is 0 Å². The van der Waals surface area contributed by atoms with Crippen LogP contribution in [0.15, 0.2) is 36.4 Å². The summed E-state index contributed by atoms with van der Waals surface area (Å²) in [5, 5.41) is 2.87. The van der Waals surface area contributed by atoms with E-state index in [1.54, 1.807) is 12.1 Å². The van der Waals surface area contributed by atoms with E-state index in [4.69, 9.17) is 44.9 Å². The predicted molar refractivity (Wildman–Crippen MR) is 107 cm³/mol. The molecule has 0 aliphatic heterocycles. The van der Waals surface area contributed by atoms with Crippen LogP contribution < -0.4 is 25.6 Å². The number of hydrazine groups is 1.